The Hall–Kier alpha value is -0.730. The molecular weight excluding hydrogens is 157 g/mol. The summed E-state index contributed by atoms with van der Waals surface area (Å²) in [5.74, 6) is -1.45. The third-order valence-corrected chi connectivity index (χ3v) is 1.76. The molecule has 0 aliphatic heterocycles. The van der Waals surface area contributed by atoms with Gasteiger partial charge in [0.15, 0.2) is 5.78 Å². The van der Waals surface area contributed by atoms with E-state index in [4.69, 9.17) is 9.79 Å². The van der Waals surface area contributed by atoms with E-state index in [-0.39, 0.29) is 0 Å². The van der Waals surface area contributed by atoms with Crippen LogP contribution in [0.25, 0.3) is 0 Å². The number of aliphatic imine (C=N–C) groups is 1. The molecule has 2 N–H and O–H groups in total. The van der Waals surface area contributed by atoms with Crippen molar-refractivity contribution in [3.8, 4) is 0 Å². The average molecular weight is 163 g/mol. The largest absolute Gasteiger partial charge is 0.354 e. The first-order valence-corrected chi connectivity index (χ1v) is 3.95. The van der Waals surface area contributed by atoms with E-state index in [1.807, 2.05) is 0 Å². The first-order valence-electron chi connectivity index (χ1n) is 2.27. The average Bonchev–Trinajstić information content (AvgIpc) is 1.80. The van der Waals surface area contributed by atoms with Crippen LogP contribution >= 0.6 is 7.60 Å². The minimum absolute atomic E-state index is 0.895. The van der Waals surface area contributed by atoms with Gasteiger partial charge >= 0.3 is 7.60 Å². The standard InChI is InChI=1S/C4H6NO4P/c1-2-4(5-3-6)10(7,8)9/h2,4H,1H2,(H2,7,8,9). The van der Waals surface area contributed by atoms with E-state index in [2.05, 4.69) is 11.6 Å². The van der Waals surface area contributed by atoms with Crippen molar-refractivity contribution in [3.63, 3.8) is 0 Å². The van der Waals surface area contributed by atoms with Crippen LogP contribution in [0.1, 0.15) is 0 Å². The molecular formula is C4H6NO4P. The second-order valence-corrected chi connectivity index (χ2v) is 3.17. The fraction of sp³-hybridized carbons (Fsp3) is 0.250. The number of hydrogen-bond donors (Lipinski definition) is 2. The summed E-state index contributed by atoms with van der Waals surface area (Å²) >= 11 is 0. The van der Waals surface area contributed by atoms with Crippen LogP contribution in [-0.4, -0.2) is 21.6 Å². The second-order valence-electron chi connectivity index (χ2n) is 1.46. The van der Waals surface area contributed by atoms with Crippen LogP contribution in [0.2, 0.25) is 0 Å². The van der Waals surface area contributed by atoms with E-state index in [9.17, 15) is 9.36 Å². The lowest BCUT2D eigenvalue weighted by molar-refractivity contribution is 0.365. The molecule has 1 unspecified atom stereocenters. The Kier molecular flexibility index (Phi) is 3.19. The van der Waals surface area contributed by atoms with Crippen LogP contribution in [0, 0.1) is 0 Å². The summed E-state index contributed by atoms with van der Waals surface area (Å²) < 4.78 is 10.3. The smallest absolute Gasteiger partial charge is 0.323 e. The van der Waals surface area contributed by atoms with Gasteiger partial charge in [-0.3, -0.25) is 4.57 Å². The third kappa shape index (κ3) is 2.71. The summed E-state index contributed by atoms with van der Waals surface area (Å²) in [5, 5.41) is 0. The first-order chi connectivity index (χ1) is 4.52. The topological polar surface area (TPSA) is 87.0 Å². The Morgan fingerprint density at radius 2 is 2.20 bits per heavy atom. The van der Waals surface area contributed by atoms with Gasteiger partial charge in [-0.1, -0.05) is 6.08 Å². The lowest BCUT2D eigenvalue weighted by Gasteiger charge is -2.05. The summed E-state index contributed by atoms with van der Waals surface area (Å²) in [6, 6.07) is 0. The highest BCUT2D eigenvalue weighted by Gasteiger charge is 2.24. The molecule has 6 heteroatoms. The van der Waals surface area contributed by atoms with Crippen LogP contribution in [0.4, 0.5) is 0 Å². The lowest BCUT2D eigenvalue weighted by atomic mass is 10.6. The molecule has 5 nitrogen and oxygen atoms in total. The van der Waals surface area contributed by atoms with Crippen molar-refractivity contribution in [2.24, 2.45) is 4.99 Å². The maximum absolute atomic E-state index is 10.3. The zero-order chi connectivity index (χ0) is 8.20. The Morgan fingerprint density at radius 3 is 2.30 bits per heavy atom. The van der Waals surface area contributed by atoms with Gasteiger partial charge in [0.2, 0.25) is 6.08 Å². The van der Waals surface area contributed by atoms with Crippen LogP contribution in [0.3, 0.4) is 0 Å². The minimum atomic E-state index is -4.34. The zero-order valence-corrected chi connectivity index (χ0v) is 5.86. The predicted octanol–water partition coefficient (Wildman–Crippen LogP) is 0.0120. The van der Waals surface area contributed by atoms with E-state index in [0.29, 0.717) is 0 Å². The van der Waals surface area contributed by atoms with Crippen molar-refractivity contribution in [1.29, 1.82) is 0 Å². The molecule has 0 amide bonds. The van der Waals surface area contributed by atoms with E-state index in [1.165, 1.54) is 0 Å². The van der Waals surface area contributed by atoms with E-state index >= 15 is 0 Å². The highest BCUT2D eigenvalue weighted by atomic mass is 31.2. The van der Waals surface area contributed by atoms with E-state index < -0.39 is 13.4 Å². The maximum Gasteiger partial charge on any atom is 0.354 e. The normalized spacial score (nSPS) is 13.4. The highest BCUT2D eigenvalue weighted by Crippen LogP contribution is 2.41. The summed E-state index contributed by atoms with van der Waals surface area (Å²) in [6.07, 6.45) is 1.93. The quantitative estimate of drug-likeness (QED) is 0.265. The SMILES string of the molecule is C=CC(N=C=O)P(=O)(O)O. The molecule has 0 rings (SSSR count). The van der Waals surface area contributed by atoms with Gasteiger partial charge in [0, 0.05) is 0 Å². The number of hydrogen-bond acceptors (Lipinski definition) is 3. The molecule has 0 aromatic carbocycles. The second kappa shape index (κ2) is 3.44. The molecule has 56 valence electrons. The summed E-state index contributed by atoms with van der Waals surface area (Å²) in [6.45, 7) is 3.08. The maximum atomic E-state index is 10.3. The summed E-state index contributed by atoms with van der Waals surface area (Å²) in [4.78, 5) is 29.1. The zero-order valence-electron chi connectivity index (χ0n) is 4.97. The van der Waals surface area contributed by atoms with Crippen molar-refractivity contribution in [2.75, 3.05) is 0 Å². The molecule has 0 aromatic rings. The Labute approximate surface area is 57.3 Å². The van der Waals surface area contributed by atoms with Gasteiger partial charge in [-0.2, -0.15) is 4.99 Å². The Morgan fingerprint density at radius 1 is 1.70 bits per heavy atom. The lowest BCUT2D eigenvalue weighted by Crippen LogP contribution is -1.99. The molecule has 0 heterocycles. The van der Waals surface area contributed by atoms with Gasteiger partial charge in [-0.05, 0) is 0 Å². The monoisotopic (exact) mass is 163 g/mol. The molecule has 0 radical (unpaired) electrons. The molecule has 0 bridgehead atoms. The number of carbonyl (C=O) groups excluding carboxylic acids is 1. The third-order valence-electron chi connectivity index (χ3n) is 0.740. The van der Waals surface area contributed by atoms with Gasteiger partial charge in [0.25, 0.3) is 0 Å². The Bertz CT molecular complexity index is 213. The molecule has 1 atom stereocenters. The molecule has 0 fully saturated rings. The molecule has 10 heavy (non-hydrogen) atoms. The fourth-order valence-corrected chi connectivity index (χ4v) is 0.791. The van der Waals surface area contributed by atoms with Crippen LogP contribution in [-0.2, 0) is 9.36 Å². The molecule has 0 aliphatic rings. The van der Waals surface area contributed by atoms with Gasteiger partial charge in [-0.15, -0.1) is 6.58 Å². The Balaban J connectivity index is 4.52. The number of nitrogens with zero attached hydrogens (tertiary/aromatic N) is 1. The number of rotatable bonds is 3. The van der Waals surface area contributed by atoms with Crippen molar-refractivity contribution >= 4 is 13.7 Å². The summed E-state index contributed by atoms with van der Waals surface area (Å²) in [5.41, 5.74) is 0. The minimum Gasteiger partial charge on any atom is -0.323 e. The van der Waals surface area contributed by atoms with Crippen molar-refractivity contribution in [3.05, 3.63) is 12.7 Å². The van der Waals surface area contributed by atoms with Gasteiger partial charge in [0.1, 0.15) is 0 Å². The molecule has 0 aliphatic carbocycles. The molecule has 0 spiro atoms. The van der Waals surface area contributed by atoms with Crippen LogP contribution < -0.4 is 0 Å². The fourth-order valence-electron chi connectivity index (χ4n) is 0.319. The van der Waals surface area contributed by atoms with Crippen molar-refractivity contribution in [2.45, 2.75) is 5.78 Å². The van der Waals surface area contributed by atoms with Crippen LogP contribution in [0.5, 0.6) is 0 Å². The van der Waals surface area contributed by atoms with Crippen molar-refractivity contribution in [1.82, 2.24) is 0 Å². The first kappa shape index (κ1) is 9.27. The van der Waals surface area contributed by atoms with Crippen LogP contribution in [0.15, 0.2) is 17.6 Å². The summed E-state index contributed by atoms with van der Waals surface area (Å²) in [7, 11) is -4.34. The van der Waals surface area contributed by atoms with Gasteiger partial charge in [-0.25, -0.2) is 4.79 Å². The molecule has 0 saturated heterocycles. The molecule has 0 saturated carbocycles. The van der Waals surface area contributed by atoms with Gasteiger partial charge < -0.3 is 9.79 Å². The van der Waals surface area contributed by atoms with Crippen molar-refractivity contribution < 1.29 is 19.1 Å². The predicted molar refractivity (Wildman–Crippen MR) is 34.2 cm³/mol. The van der Waals surface area contributed by atoms with E-state index in [0.717, 1.165) is 12.2 Å². The number of isocyanates is 1. The van der Waals surface area contributed by atoms with E-state index in [1.54, 1.807) is 0 Å². The highest BCUT2D eigenvalue weighted by molar-refractivity contribution is 7.52. The van der Waals surface area contributed by atoms with Gasteiger partial charge in [0.05, 0.1) is 0 Å². The molecule has 0 aromatic heterocycles.